The van der Waals surface area contributed by atoms with Crippen LogP contribution in [-0.2, 0) is 4.74 Å². The van der Waals surface area contributed by atoms with Crippen molar-refractivity contribution in [3.8, 4) is 5.75 Å². The molecule has 2 aromatic rings. The van der Waals surface area contributed by atoms with Gasteiger partial charge in [0.05, 0.1) is 19.8 Å². The molecule has 0 atom stereocenters. The number of nitrogens with one attached hydrogen (secondary N) is 2. The number of ether oxygens (including phenoxy) is 2. The number of nitrogens with zero attached hydrogens (tertiary/aromatic N) is 1. The fourth-order valence-electron chi connectivity index (χ4n) is 3.49. The third-order valence-corrected chi connectivity index (χ3v) is 5.41. The van der Waals surface area contributed by atoms with Gasteiger partial charge in [-0.05, 0) is 49.1 Å². The molecule has 30 heavy (non-hydrogen) atoms. The lowest BCUT2D eigenvalue weighted by Gasteiger charge is -2.34. The zero-order valence-electron chi connectivity index (χ0n) is 17.7. The van der Waals surface area contributed by atoms with Crippen molar-refractivity contribution in [1.82, 2.24) is 10.6 Å². The number of aliphatic hydroxyl groups is 1. The average molecular weight is 527 g/mol. The maximum Gasteiger partial charge on any atom is 0.191 e. The lowest BCUT2D eigenvalue weighted by Crippen LogP contribution is -2.41. The molecule has 1 saturated heterocycles. The Labute approximate surface area is 196 Å². The van der Waals surface area contributed by atoms with Gasteiger partial charge in [0.15, 0.2) is 5.96 Å². The molecular formula is C23H34IN3O3. The molecule has 0 aromatic heterocycles. The van der Waals surface area contributed by atoms with Gasteiger partial charge >= 0.3 is 0 Å². The molecule has 0 bridgehead atoms. The Morgan fingerprint density at radius 3 is 2.63 bits per heavy atom. The van der Waals surface area contributed by atoms with Gasteiger partial charge in [-0.3, -0.25) is 4.99 Å². The Balaban J connectivity index is 0.00000320. The summed E-state index contributed by atoms with van der Waals surface area (Å²) in [4.78, 5) is 4.71. The summed E-state index contributed by atoms with van der Waals surface area (Å²) < 4.78 is 11.3. The topological polar surface area (TPSA) is 75.1 Å². The van der Waals surface area contributed by atoms with E-state index in [2.05, 4.69) is 41.8 Å². The number of halogens is 1. The van der Waals surface area contributed by atoms with Gasteiger partial charge in [0, 0.05) is 31.7 Å². The summed E-state index contributed by atoms with van der Waals surface area (Å²) in [7, 11) is 0. The lowest BCUT2D eigenvalue weighted by atomic mass is 9.81. The van der Waals surface area contributed by atoms with Gasteiger partial charge in [-0.15, -0.1) is 24.0 Å². The highest BCUT2D eigenvalue weighted by Gasteiger charge is 2.31. The molecule has 2 aromatic carbocycles. The average Bonchev–Trinajstić information content (AvgIpc) is 2.77. The van der Waals surface area contributed by atoms with E-state index >= 15 is 0 Å². The van der Waals surface area contributed by atoms with Crippen LogP contribution in [0.1, 0.15) is 26.2 Å². The highest BCUT2D eigenvalue weighted by atomic mass is 127. The molecule has 1 aliphatic heterocycles. The van der Waals surface area contributed by atoms with Crippen LogP contribution in [0.15, 0.2) is 47.5 Å². The monoisotopic (exact) mass is 527 g/mol. The Morgan fingerprint density at radius 1 is 1.13 bits per heavy atom. The van der Waals surface area contributed by atoms with E-state index in [9.17, 15) is 5.11 Å². The van der Waals surface area contributed by atoms with Crippen molar-refractivity contribution < 1.29 is 14.6 Å². The molecular weight excluding hydrogens is 493 g/mol. The minimum absolute atomic E-state index is 0. The second-order valence-corrected chi connectivity index (χ2v) is 7.60. The van der Waals surface area contributed by atoms with Gasteiger partial charge in [-0.2, -0.15) is 0 Å². The second kappa shape index (κ2) is 13.0. The van der Waals surface area contributed by atoms with Crippen molar-refractivity contribution >= 4 is 40.7 Å². The Kier molecular flexibility index (Phi) is 10.7. The summed E-state index contributed by atoms with van der Waals surface area (Å²) in [5.74, 6) is 1.69. The van der Waals surface area contributed by atoms with Crippen molar-refractivity contribution in [3.63, 3.8) is 0 Å². The van der Waals surface area contributed by atoms with Crippen molar-refractivity contribution in [3.05, 3.63) is 42.5 Å². The molecule has 1 heterocycles. The molecule has 3 N–H and O–H groups in total. The Hall–Kier alpha value is -1.58. The van der Waals surface area contributed by atoms with E-state index in [1.165, 1.54) is 10.8 Å². The number of guanidine groups is 1. The molecule has 166 valence electrons. The molecule has 0 aliphatic carbocycles. The van der Waals surface area contributed by atoms with Gasteiger partial charge in [0.2, 0.25) is 0 Å². The predicted molar refractivity (Wildman–Crippen MR) is 133 cm³/mol. The quantitative estimate of drug-likeness (QED) is 0.201. The Morgan fingerprint density at radius 2 is 1.90 bits per heavy atom. The molecule has 3 rings (SSSR count). The van der Waals surface area contributed by atoms with E-state index in [-0.39, 0.29) is 36.0 Å². The van der Waals surface area contributed by atoms with E-state index < -0.39 is 0 Å². The number of fused-ring (bicyclic) bond motifs is 1. The van der Waals surface area contributed by atoms with Gasteiger partial charge in [-0.25, -0.2) is 0 Å². The number of aliphatic hydroxyl groups excluding tert-OH is 1. The van der Waals surface area contributed by atoms with Crippen LogP contribution in [0.5, 0.6) is 5.75 Å². The first-order valence-corrected chi connectivity index (χ1v) is 10.6. The van der Waals surface area contributed by atoms with E-state index in [1.807, 2.05) is 18.2 Å². The molecule has 7 heteroatoms. The predicted octanol–water partition coefficient (Wildman–Crippen LogP) is 3.57. The van der Waals surface area contributed by atoms with Gasteiger partial charge in [0.25, 0.3) is 0 Å². The fourth-order valence-corrected chi connectivity index (χ4v) is 3.49. The van der Waals surface area contributed by atoms with Crippen molar-refractivity contribution in [2.24, 2.45) is 10.4 Å². The third kappa shape index (κ3) is 7.28. The number of aliphatic imine (C=N–C) groups is 1. The van der Waals surface area contributed by atoms with Crippen molar-refractivity contribution in [2.45, 2.75) is 26.2 Å². The van der Waals surface area contributed by atoms with Gasteiger partial charge in [0.1, 0.15) is 5.75 Å². The highest BCUT2D eigenvalue weighted by Crippen LogP contribution is 2.30. The maximum atomic E-state index is 9.82. The van der Waals surface area contributed by atoms with E-state index in [0.29, 0.717) is 26.4 Å². The minimum atomic E-state index is -0.153. The fraction of sp³-hybridized carbons (Fsp3) is 0.522. The highest BCUT2D eigenvalue weighted by molar-refractivity contribution is 14.0. The van der Waals surface area contributed by atoms with Gasteiger partial charge < -0.3 is 25.2 Å². The molecule has 0 radical (unpaired) electrons. The maximum absolute atomic E-state index is 9.82. The van der Waals surface area contributed by atoms with Gasteiger partial charge in [-0.1, -0.05) is 30.3 Å². The van der Waals surface area contributed by atoms with Crippen LogP contribution in [-0.4, -0.2) is 57.1 Å². The zero-order valence-corrected chi connectivity index (χ0v) is 20.1. The first-order valence-electron chi connectivity index (χ1n) is 10.6. The van der Waals surface area contributed by atoms with Crippen molar-refractivity contribution in [2.75, 3.05) is 46.1 Å². The standard InChI is InChI=1S/C23H33N3O3.HI/c1-2-24-22(26-17-23(18-27)10-14-28-15-11-23)25-12-5-13-29-21-9-8-19-6-3-4-7-20(19)16-21;/h3-4,6-9,16,27H,2,5,10-15,17-18H2,1H3,(H2,24,25,26);1H. The molecule has 0 amide bonds. The third-order valence-electron chi connectivity index (χ3n) is 5.41. The molecule has 0 unspecified atom stereocenters. The number of hydrogen-bond acceptors (Lipinski definition) is 4. The van der Waals surface area contributed by atoms with Crippen LogP contribution in [0, 0.1) is 5.41 Å². The van der Waals surface area contributed by atoms with Crippen molar-refractivity contribution in [1.29, 1.82) is 0 Å². The van der Waals surface area contributed by atoms with Crippen LogP contribution in [0.2, 0.25) is 0 Å². The van der Waals surface area contributed by atoms with Crippen LogP contribution >= 0.6 is 24.0 Å². The summed E-state index contributed by atoms with van der Waals surface area (Å²) in [6.07, 6.45) is 2.58. The number of rotatable bonds is 9. The van der Waals surface area contributed by atoms with E-state index in [1.54, 1.807) is 0 Å². The van der Waals surface area contributed by atoms with E-state index in [4.69, 9.17) is 14.5 Å². The number of benzene rings is 2. The largest absolute Gasteiger partial charge is 0.494 e. The summed E-state index contributed by atoms with van der Waals surface area (Å²) in [6, 6.07) is 14.5. The van der Waals surface area contributed by atoms with Crippen LogP contribution in [0.4, 0.5) is 0 Å². The van der Waals surface area contributed by atoms with Crippen LogP contribution in [0.3, 0.4) is 0 Å². The van der Waals surface area contributed by atoms with E-state index in [0.717, 1.165) is 44.1 Å². The zero-order chi connectivity index (χ0) is 20.4. The van der Waals surface area contributed by atoms with Crippen LogP contribution in [0.25, 0.3) is 10.8 Å². The first kappa shape index (κ1) is 24.7. The first-order chi connectivity index (χ1) is 14.2. The lowest BCUT2D eigenvalue weighted by molar-refractivity contribution is -0.0106. The Bertz CT molecular complexity index is 794. The summed E-state index contributed by atoms with van der Waals surface area (Å²) in [6.45, 7) is 6.43. The molecule has 1 aliphatic rings. The molecule has 0 spiro atoms. The summed E-state index contributed by atoms with van der Waals surface area (Å²) >= 11 is 0. The molecule has 0 saturated carbocycles. The number of hydrogen-bond donors (Lipinski definition) is 3. The summed E-state index contributed by atoms with van der Waals surface area (Å²) in [5.41, 5.74) is -0.153. The summed E-state index contributed by atoms with van der Waals surface area (Å²) in [5, 5.41) is 18.9. The minimum Gasteiger partial charge on any atom is -0.494 e. The second-order valence-electron chi connectivity index (χ2n) is 7.60. The molecule has 1 fully saturated rings. The smallest absolute Gasteiger partial charge is 0.191 e. The SMILES string of the molecule is CCNC(=NCC1(CO)CCOCC1)NCCCOc1ccc2ccccc2c1.I. The molecule has 6 nitrogen and oxygen atoms in total. The normalized spacial score (nSPS) is 16.0. The van der Waals surface area contributed by atoms with Crippen LogP contribution < -0.4 is 15.4 Å².